The zero-order valence-electron chi connectivity index (χ0n) is 17.5. The number of hydrogen-bond donors (Lipinski definition) is 2. The summed E-state index contributed by atoms with van der Waals surface area (Å²) in [6.45, 7) is 3.33. The summed E-state index contributed by atoms with van der Waals surface area (Å²) in [6, 6.07) is 22.4. The molecule has 1 unspecified atom stereocenters. The SMILES string of the molecule is Cc1cc(C)cc(N(CC(=O)NCC(O)c2ccccc2)S(=O)(=O)c2ccccc2)c1. The predicted octanol–water partition coefficient (Wildman–Crippen LogP) is 3.35. The lowest BCUT2D eigenvalue weighted by Crippen LogP contribution is -2.42. The number of aryl methyl sites for hydroxylation is 2. The molecule has 3 aromatic rings. The molecule has 1 amide bonds. The van der Waals surface area contributed by atoms with Crippen molar-refractivity contribution in [2.24, 2.45) is 0 Å². The van der Waals surface area contributed by atoms with Crippen LogP contribution in [0.25, 0.3) is 0 Å². The van der Waals surface area contributed by atoms with Gasteiger partial charge in [0.1, 0.15) is 6.54 Å². The molecule has 1 atom stereocenters. The third kappa shape index (κ3) is 5.71. The van der Waals surface area contributed by atoms with Crippen LogP contribution in [-0.4, -0.2) is 32.5 Å². The van der Waals surface area contributed by atoms with E-state index in [-0.39, 0.29) is 11.4 Å². The smallest absolute Gasteiger partial charge is 0.264 e. The number of nitrogens with zero attached hydrogens (tertiary/aromatic N) is 1. The summed E-state index contributed by atoms with van der Waals surface area (Å²) in [5.41, 5.74) is 2.87. The van der Waals surface area contributed by atoms with E-state index in [2.05, 4.69) is 5.32 Å². The van der Waals surface area contributed by atoms with Crippen molar-refractivity contribution < 1.29 is 18.3 Å². The van der Waals surface area contributed by atoms with Crippen LogP contribution in [0.15, 0.2) is 83.8 Å². The number of sulfonamides is 1. The molecule has 0 bridgehead atoms. The highest BCUT2D eigenvalue weighted by molar-refractivity contribution is 7.92. The Balaban J connectivity index is 1.84. The summed E-state index contributed by atoms with van der Waals surface area (Å²) in [5.74, 6) is -0.506. The van der Waals surface area contributed by atoms with Crippen molar-refractivity contribution in [3.05, 3.63) is 95.6 Å². The summed E-state index contributed by atoms with van der Waals surface area (Å²) in [4.78, 5) is 12.8. The maximum atomic E-state index is 13.3. The number of aliphatic hydroxyl groups is 1. The Hall–Kier alpha value is -3.16. The highest BCUT2D eigenvalue weighted by Gasteiger charge is 2.27. The zero-order valence-corrected chi connectivity index (χ0v) is 18.3. The molecular weight excluding hydrogens is 412 g/mol. The van der Waals surface area contributed by atoms with Gasteiger partial charge in [0.15, 0.2) is 0 Å². The summed E-state index contributed by atoms with van der Waals surface area (Å²) in [7, 11) is -3.96. The summed E-state index contributed by atoms with van der Waals surface area (Å²) in [5, 5.41) is 12.9. The van der Waals surface area contributed by atoms with Crippen LogP contribution >= 0.6 is 0 Å². The number of carbonyl (C=O) groups excluding carboxylic acids is 1. The van der Waals surface area contributed by atoms with E-state index in [0.29, 0.717) is 11.3 Å². The average Bonchev–Trinajstić information content (AvgIpc) is 2.76. The fraction of sp³-hybridized carbons (Fsp3) is 0.208. The molecule has 0 aliphatic carbocycles. The van der Waals surface area contributed by atoms with Gasteiger partial charge in [0.05, 0.1) is 16.7 Å². The first-order chi connectivity index (χ1) is 14.8. The molecule has 162 valence electrons. The van der Waals surface area contributed by atoms with Gasteiger partial charge in [0, 0.05) is 6.54 Å². The first kappa shape index (κ1) is 22.5. The first-order valence-electron chi connectivity index (χ1n) is 9.93. The van der Waals surface area contributed by atoms with Crippen molar-refractivity contribution in [2.45, 2.75) is 24.8 Å². The molecule has 0 spiro atoms. The topological polar surface area (TPSA) is 86.7 Å². The van der Waals surface area contributed by atoms with Crippen LogP contribution in [0, 0.1) is 13.8 Å². The largest absolute Gasteiger partial charge is 0.387 e. The maximum Gasteiger partial charge on any atom is 0.264 e. The van der Waals surface area contributed by atoms with Crippen molar-refractivity contribution in [2.75, 3.05) is 17.4 Å². The van der Waals surface area contributed by atoms with E-state index >= 15 is 0 Å². The third-order valence-electron chi connectivity index (χ3n) is 4.79. The van der Waals surface area contributed by atoms with Crippen molar-refractivity contribution in [3.63, 3.8) is 0 Å². The van der Waals surface area contributed by atoms with Gasteiger partial charge in [-0.15, -0.1) is 0 Å². The number of rotatable bonds is 8. The minimum atomic E-state index is -3.96. The number of hydrogen-bond acceptors (Lipinski definition) is 4. The standard InChI is InChI=1S/C24H26N2O4S/c1-18-13-19(2)15-21(14-18)26(31(29,30)22-11-7-4-8-12-22)17-24(28)25-16-23(27)20-9-5-3-6-10-20/h3-15,23,27H,16-17H2,1-2H3,(H,25,28). The third-order valence-corrected chi connectivity index (χ3v) is 6.58. The van der Waals surface area contributed by atoms with Crippen LogP contribution in [-0.2, 0) is 14.8 Å². The van der Waals surface area contributed by atoms with Crippen molar-refractivity contribution in [1.82, 2.24) is 5.32 Å². The molecule has 0 aliphatic rings. The second-order valence-corrected chi connectivity index (χ2v) is 9.26. The molecule has 6 nitrogen and oxygen atoms in total. The van der Waals surface area contributed by atoms with Crippen molar-refractivity contribution >= 4 is 21.6 Å². The molecule has 7 heteroatoms. The van der Waals surface area contributed by atoms with Gasteiger partial charge in [-0.05, 0) is 54.8 Å². The lowest BCUT2D eigenvalue weighted by molar-refractivity contribution is -0.120. The minimum absolute atomic E-state index is 0.0189. The van der Waals surface area contributed by atoms with Gasteiger partial charge >= 0.3 is 0 Å². The fourth-order valence-electron chi connectivity index (χ4n) is 3.32. The van der Waals surface area contributed by atoms with Crippen molar-refractivity contribution in [3.8, 4) is 0 Å². The van der Waals surface area contributed by atoms with E-state index in [4.69, 9.17) is 0 Å². The number of amides is 1. The predicted molar refractivity (Wildman–Crippen MR) is 121 cm³/mol. The molecule has 3 rings (SSSR count). The van der Waals surface area contributed by atoms with Crippen molar-refractivity contribution in [1.29, 1.82) is 0 Å². The first-order valence-corrected chi connectivity index (χ1v) is 11.4. The number of aliphatic hydroxyl groups excluding tert-OH is 1. The van der Waals surface area contributed by atoms with E-state index in [0.717, 1.165) is 15.4 Å². The van der Waals surface area contributed by atoms with Gasteiger partial charge in [-0.25, -0.2) is 8.42 Å². The lowest BCUT2D eigenvalue weighted by atomic mass is 10.1. The van der Waals surface area contributed by atoms with Gasteiger partial charge < -0.3 is 10.4 Å². The molecule has 0 saturated heterocycles. The summed E-state index contributed by atoms with van der Waals surface area (Å²) >= 11 is 0. The molecule has 0 aliphatic heterocycles. The summed E-state index contributed by atoms with van der Waals surface area (Å²) < 4.78 is 27.8. The van der Waals surface area contributed by atoms with E-state index in [9.17, 15) is 18.3 Å². The van der Waals surface area contributed by atoms with Gasteiger partial charge in [-0.2, -0.15) is 0 Å². The number of nitrogens with one attached hydrogen (secondary N) is 1. The fourth-order valence-corrected chi connectivity index (χ4v) is 4.74. The Bertz CT molecular complexity index is 1110. The Morgan fingerprint density at radius 2 is 1.48 bits per heavy atom. The maximum absolute atomic E-state index is 13.3. The van der Waals surface area contributed by atoms with Gasteiger partial charge in [0.25, 0.3) is 10.0 Å². The molecule has 0 fully saturated rings. The highest BCUT2D eigenvalue weighted by atomic mass is 32.2. The zero-order chi connectivity index (χ0) is 22.4. The number of anilines is 1. The van der Waals surface area contributed by atoms with Gasteiger partial charge in [0.2, 0.25) is 5.91 Å². The van der Waals surface area contributed by atoms with Gasteiger partial charge in [-0.1, -0.05) is 54.6 Å². The Morgan fingerprint density at radius 3 is 2.06 bits per heavy atom. The number of benzene rings is 3. The van der Waals surface area contributed by atoms with Crippen LogP contribution in [0.4, 0.5) is 5.69 Å². The molecule has 2 N–H and O–H groups in total. The highest BCUT2D eigenvalue weighted by Crippen LogP contribution is 2.25. The van der Waals surface area contributed by atoms with Crippen LogP contribution in [0.2, 0.25) is 0 Å². The normalized spacial score (nSPS) is 12.2. The average molecular weight is 439 g/mol. The molecule has 0 saturated carbocycles. The molecule has 0 radical (unpaired) electrons. The minimum Gasteiger partial charge on any atom is -0.387 e. The Kier molecular flexibility index (Phi) is 7.09. The van der Waals surface area contributed by atoms with E-state index in [1.807, 2.05) is 26.0 Å². The second kappa shape index (κ2) is 9.76. The number of carbonyl (C=O) groups is 1. The van der Waals surface area contributed by atoms with E-state index < -0.39 is 28.6 Å². The van der Waals surface area contributed by atoms with Gasteiger partial charge in [-0.3, -0.25) is 9.10 Å². The lowest BCUT2D eigenvalue weighted by Gasteiger charge is -2.25. The molecule has 0 heterocycles. The molecular formula is C24H26N2O4S. The molecule has 3 aromatic carbocycles. The molecule has 0 aromatic heterocycles. The monoisotopic (exact) mass is 438 g/mol. The molecule has 31 heavy (non-hydrogen) atoms. The summed E-state index contributed by atoms with van der Waals surface area (Å²) in [6.07, 6.45) is -0.884. The van der Waals surface area contributed by atoms with E-state index in [1.54, 1.807) is 54.6 Å². The van der Waals surface area contributed by atoms with Crippen LogP contribution < -0.4 is 9.62 Å². The Labute approximate surface area is 183 Å². The Morgan fingerprint density at radius 1 is 0.935 bits per heavy atom. The second-order valence-electron chi connectivity index (χ2n) is 7.40. The van der Waals surface area contributed by atoms with E-state index in [1.165, 1.54) is 12.1 Å². The van der Waals surface area contributed by atoms with Crippen LogP contribution in [0.1, 0.15) is 22.8 Å². The van der Waals surface area contributed by atoms with Crippen LogP contribution in [0.5, 0.6) is 0 Å². The van der Waals surface area contributed by atoms with Crippen LogP contribution in [0.3, 0.4) is 0 Å². The quantitative estimate of drug-likeness (QED) is 0.565.